The number of thioether (sulfide) groups is 1. The molecular formula is C22H24FN3O2S. The van der Waals surface area contributed by atoms with E-state index < -0.39 is 5.82 Å². The number of benzene rings is 2. The van der Waals surface area contributed by atoms with Crippen LogP contribution in [0.2, 0.25) is 0 Å². The molecule has 0 unspecified atom stereocenters. The highest BCUT2D eigenvalue weighted by Gasteiger charge is 2.14. The number of amides is 1. The molecular weight excluding hydrogens is 389 g/mol. The van der Waals surface area contributed by atoms with Crippen molar-refractivity contribution < 1.29 is 13.9 Å². The van der Waals surface area contributed by atoms with Crippen LogP contribution in [-0.4, -0.2) is 40.3 Å². The first-order valence-electron chi connectivity index (χ1n) is 9.19. The van der Waals surface area contributed by atoms with E-state index in [4.69, 9.17) is 4.74 Å². The first kappa shape index (κ1) is 20.9. The highest BCUT2D eigenvalue weighted by Crippen LogP contribution is 2.23. The van der Waals surface area contributed by atoms with Crippen molar-refractivity contribution in [3.8, 4) is 11.4 Å². The number of methoxy groups -OCH3 is 1. The van der Waals surface area contributed by atoms with Crippen LogP contribution >= 0.6 is 11.8 Å². The third kappa shape index (κ3) is 4.98. The Morgan fingerprint density at radius 1 is 1.21 bits per heavy atom. The topological polar surface area (TPSA) is 47.4 Å². The maximum absolute atomic E-state index is 13.9. The average molecular weight is 414 g/mol. The van der Waals surface area contributed by atoms with E-state index >= 15 is 0 Å². The zero-order valence-corrected chi connectivity index (χ0v) is 17.8. The molecule has 1 heterocycles. The number of hydrogen-bond acceptors (Lipinski definition) is 4. The SMILES string of the molecule is COc1ccc(CN(C)C(=O)CSc2nccn2-c2ccc(C)c(C)c2)cc1F. The molecule has 5 nitrogen and oxygen atoms in total. The van der Waals surface area contributed by atoms with E-state index in [1.165, 1.54) is 36.1 Å². The van der Waals surface area contributed by atoms with Crippen LogP contribution in [0.1, 0.15) is 16.7 Å². The van der Waals surface area contributed by atoms with Crippen LogP contribution in [-0.2, 0) is 11.3 Å². The molecule has 0 saturated heterocycles. The molecule has 0 aliphatic rings. The maximum atomic E-state index is 13.9. The van der Waals surface area contributed by atoms with Crippen LogP contribution in [0.5, 0.6) is 5.75 Å². The van der Waals surface area contributed by atoms with Crippen molar-refractivity contribution in [1.29, 1.82) is 0 Å². The number of aromatic nitrogens is 2. The summed E-state index contributed by atoms with van der Waals surface area (Å²) in [7, 11) is 3.13. The van der Waals surface area contributed by atoms with Gasteiger partial charge in [-0.1, -0.05) is 23.9 Å². The third-order valence-electron chi connectivity index (χ3n) is 4.76. The lowest BCUT2D eigenvalue weighted by Crippen LogP contribution is -2.28. The molecule has 3 aromatic rings. The van der Waals surface area contributed by atoms with E-state index in [1.54, 1.807) is 30.3 Å². The molecule has 1 aromatic heterocycles. The first-order chi connectivity index (χ1) is 13.9. The average Bonchev–Trinajstić information content (AvgIpc) is 3.17. The van der Waals surface area contributed by atoms with Gasteiger partial charge < -0.3 is 9.64 Å². The van der Waals surface area contributed by atoms with Crippen molar-refractivity contribution >= 4 is 17.7 Å². The van der Waals surface area contributed by atoms with Gasteiger partial charge in [0.25, 0.3) is 0 Å². The summed E-state index contributed by atoms with van der Waals surface area (Å²) in [4.78, 5) is 18.5. The van der Waals surface area contributed by atoms with Gasteiger partial charge in [0, 0.05) is 31.7 Å². The summed E-state index contributed by atoms with van der Waals surface area (Å²) < 4.78 is 20.8. The van der Waals surface area contributed by atoms with E-state index in [-0.39, 0.29) is 17.4 Å². The highest BCUT2D eigenvalue weighted by atomic mass is 32.2. The van der Waals surface area contributed by atoms with Crippen LogP contribution in [0.4, 0.5) is 4.39 Å². The molecule has 0 atom stereocenters. The fourth-order valence-electron chi connectivity index (χ4n) is 2.88. The fourth-order valence-corrected chi connectivity index (χ4v) is 3.79. The van der Waals surface area contributed by atoms with Crippen molar-refractivity contribution in [1.82, 2.24) is 14.5 Å². The van der Waals surface area contributed by atoms with Gasteiger partial charge in [0.1, 0.15) is 0 Å². The standard InChI is InChI=1S/C22H24FN3O2S/c1-15-5-7-18(11-16(15)2)26-10-9-24-22(26)29-14-21(27)25(3)13-17-6-8-20(28-4)19(23)12-17/h5-12H,13-14H2,1-4H3. The van der Waals surface area contributed by atoms with Gasteiger partial charge in [-0.05, 0) is 54.8 Å². The second kappa shape index (κ2) is 9.13. The molecule has 0 fully saturated rings. The van der Waals surface area contributed by atoms with Gasteiger partial charge in [-0.3, -0.25) is 9.36 Å². The molecule has 0 aliphatic carbocycles. The lowest BCUT2D eigenvalue weighted by Gasteiger charge is -2.17. The molecule has 7 heteroatoms. The van der Waals surface area contributed by atoms with Gasteiger partial charge >= 0.3 is 0 Å². The minimum Gasteiger partial charge on any atom is -0.494 e. The lowest BCUT2D eigenvalue weighted by molar-refractivity contribution is -0.127. The smallest absolute Gasteiger partial charge is 0.233 e. The molecule has 29 heavy (non-hydrogen) atoms. The van der Waals surface area contributed by atoms with Crippen LogP contribution in [0.3, 0.4) is 0 Å². The predicted octanol–water partition coefficient (Wildman–Crippen LogP) is 4.39. The monoisotopic (exact) mass is 413 g/mol. The van der Waals surface area contributed by atoms with Gasteiger partial charge in [0.05, 0.1) is 12.9 Å². The molecule has 0 saturated carbocycles. The van der Waals surface area contributed by atoms with Crippen molar-refractivity contribution in [2.24, 2.45) is 0 Å². The molecule has 152 valence electrons. The van der Waals surface area contributed by atoms with Crippen molar-refractivity contribution in [2.45, 2.75) is 25.5 Å². The van der Waals surface area contributed by atoms with E-state index in [2.05, 4.69) is 31.0 Å². The van der Waals surface area contributed by atoms with E-state index in [0.29, 0.717) is 12.1 Å². The summed E-state index contributed by atoms with van der Waals surface area (Å²) in [5, 5.41) is 0.755. The van der Waals surface area contributed by atoms with Gasteiger partial charge in [0.2, 0.25) is 5.91 Å². The zero-order valence-electron chi connectivity index (χ0n) is 17.0. The molecule has 2 aromatic carbocycles. The lowest BCUT2D eigenvalue weighted by atomic mass is 10.1. The Balaban J connectivity index is 1.63. The summed E-state index contributed by atoms with van der Waals surface area (Å²) in [6.07, 6.45) is 3.62. The van der Waals surface area contributed by atoms with Crippen LogP contribution in [0.25, 0.3) is 5.69 Å². The maximum Gasteiger partial charge on any atom is 0.233 e. The molecule has 0 aliphatic heterocycles. The Hall–Kier alpha value is -2.80. The quantitative estimate of drug-likeness (QED) is 0.539. The van der Waals surface area contributed by atoms with E-state index in [9.17, 15) is 9.18 Å². The first-order valence-corrected chi connectivity index (χ1v) is 10.2. The number of carbonyl (C=O) groups excluding carboxylic acids is 1. The largest absolute Gasteiger partial charge is 0.494 e. The summed E-state index contributed by atoms with van der Waals surface area (Å²) in [6.45, 7) is 4.47. The van der Waals surface area contributed by atoms with Gasteiger partial charge in [-0.15, -0.1) is 0 Å². The Morgan fingerprint density at radius 3 is 2.69 bits per heavy atom. The summed E-state index contributed by atoms with van der Waals surface area (Å²) >= 11 is 1.38. The van der Waals surface area contributed by atoms with Crippen LogP contribution < -0.4 is 4.74 Å². The fraction of sp³-hybridized carbons (Fsp3) is 0.273. The van der Waals surface area contributed by atoms with Gasteiger partial charge in [-0.2, -0.15) is 0 Å². The Morgan fingerprint density at radius 2 is 2.00 bits per heavy atom. The Kier molecular flexibility index (Phi) is 6.59. The van der Waals surface area contributed by atoms with Gasteiger partial charge in [0.15, 0.2) is 16.7 Å². The molecule has 0 spiro atoms. The molecule has 0 radical (unpaired) electrons. The number of halogens is 1. The van der Waals surface area contributed by atoms with Gasteiger partial charge in [-0.25, -0.2) is 9.37 Å². The van der Waals surface area contributed by atoms with E-state index in [1.807, 2.05) is 16.8 Å². The van der Waals surface area contributed by atoms with E-state index in [0.717, 1.165) is 10.8 Å². The number of hydrogen-bond donors (Lipinski definition) is 0. The second-order valence-electron chi connectivity index (χ2n) is 6.86. The number of imidazole rings is 1. The molecule has 0 N–H and O–H groups in total. The number of aryl methyl sites for hydroxylation is 2. The van der Waals surface area contributed by atoms with Crippen LogP contribution in [0.15, 0.2) is 53.9 Å². The second-order valence-corrected chi connectivity index (χ2v) is 7.80. The molecule has 1 amide bonds. The molecule has 3 rings (SSSR count). The number of nitrogens with zero attached hydrogens (tertiary/aromatic N) is 3. The normalized spacial score (nSPS) is 10.8. The van der Waals surface area contributed by atoms with Crippen molar-refractivity contribution in [2.75, 3.05) is 19.9 Å². The summed E-state index contributed by atoms with van der Waals surface area (Å²) in [5.41, 5.74) is 4.16. The van der Waals surface area contributed by atoms with Crippen molar-refractivity contribution in [3.05, 3.63) is 71.3 Å². The minimum absolute atomic E-state index is 0.0548. The third-order valence-corrected chi connectivity index (χ3v) is 5.71. The number of ether oxygens (including phenoxy) is 1. The minimum atomic E-state index is -0.435. The zero-order chi connectivity index (χ0) is 21.0. The molecule has 0 bridgehead atoms. The highest BCUT2D eigenvalue weighted by molar-refractivity contribution is 7.99. The number of carbonyl (C=O) groups is 1. The summed E-state index contributed by atoms with van der Waals surface area (Å²) in [5.74, 6) is -0.0512. The summed E-state index contributed by atoms with van der Waals surface area (Å²) in [6, 6.07) is 10.9. The number of rotatable bonds is 7. The Bertz CT molecular complexity index is 1020. The van der Waals surface area contributed by atoms with Crippen LogP contribution in [0, 0.1) is 19.7 Å². The van der Waals surface area contributed by atoms with Crippen molar-refractivity contribution in [3.63, 3.8) is 0 Å². The predicted molar refractivity (Wildman–Crippen MR) is 113 cm³/mol. The Labute approximate surface area is 174 Å².